The Morgan fingerprint density at radius 2 is 1.22 bits per heavy atom. The maximum Gasteiger partial charge on any atom is 0.384 e. The normalized spacial score (nSPS) is 15.6. The molecule has 0 amide bonds. The number of hydrogen-bond donors (Lipinski definition) is 1. The van der Waals surface area contributed by atoms with Crippen molar-refractivity contribution in [2.75, 3.05) is 13.2 Å². The molecule has 1 rings (SSSR count). The molecule has 0 aromatic heterocycles. The van der Waals surface area contributed by atoms with Crippen LogP contribution >= 0.6 is 15.9 Å². The smallest absolute Gasteiger partial charge is 0.384 e. The zero-order valence-corrected chi connectivity index (χ0v) is 19.8. The van der Waals surface area contributed by atoms with E-state index in [0.717, 1.165) is 13.8 Å². The quantitative estimate of drug-likeness (QED) is 0.159. The monoisotopic (exact) mass is 614 g/mol. The third kappa shape index (κ3) is 5.58. The van der Waals surface area contributed by atoms with Crippen molar-refractivity contribution < 1.29 is 67.3 Å². The summed E-state index contributed by atoms with van der Waals surface area (Å²) in [6.45, 7) is -4.00. The van der Waals surface area contributed by atoms with Crippen LogP contribution in [-0.2, 0) is 9.53 Å². The van der Waals surface area contributed by atoms with Crippen LogP contribution in [0.25, 0.3) is 0 Å². The second-order valence-corrected chi connectivity index (χ2v) is 9.51. The van der Waals surface area contributed by atoms with E-state index < -0.39 is 65.0 Å². The minimum Gasteiger partial charge on any atom is -0.459 e. The molecule has 1 unspecified atom stereocenters. The fourth-order valence-corrected chi connectivity index (χ4v) is 3.82. The fraction of sp³-hybridized carbons (Fsp3) is 0.650. The molecule has 1 atom stereocenters. The van der Waals surface area contributed by atoms with Crippen molar-refractivity contribution in [3.8, 4) is 0 Å². The van der Waals surface area contributed by atoms with Crippen molar-refractivity contribution in [1.82, 2.24) is 0 Å². The second-order valence-electron chi connectivity index (χ2n) is 8.41. The fourth-order valence-electron chi connectivity index (χ4n) is 2.71. The van der Waals surface area contributed by atoms with Gasteiger partial charge in [-0.05, 0) is 25.8 Å². The first-order valence-corrected chi connectivity index (χ1v) is 10.6. The van der Waals surface area contributed by atoms with Gasteiger partial charge in [-0.3, -0.25) is 4.79 Å². The Labute approximate surface area is 204 Å². The number of halogens is 13. The molecule has 0 spiro atoms. The number of carbonyl (C=O) groups is 1. The van der Waals surface area contributed by atoms with Gasteiger partial charge >= 0.3 is 41.5 Å². The minimum atomic E-state index is -7.80. The van der Waals surface area contributed by atoms with E-state index in [0.29, 0.717) is 5.56 Å². The van der Waals surface area contributed by atoms with Gasteiger partial charge in [-0.15, -0.1) is 0 Å². The molecule has 0 bridgehead atoms. The second kappa shape index (κ2) is 10.2. The van der Waals surface area contributed by atoms with E-state index in [-0.39, 0.29) is 6.42 Å². The van der Waals surface area contributed by atoms with Gasteiger partial charge in [0.15, 0.2) is 6.61 Å². The molecule has 1 aromatic rings. The van der Waals surface area contributed by atoms with E-state index in [1.807, 2.05) is 0 Å². The topological polar surface area (TPSA) is 46.5 Å². The van der Waals surface area contributed by atoms with Crippen molar-refractivity contribution in [1.29, 1.82) is 0 Å². The molecule has 0 fully saturated rings. The highest BCUT2D eigenvalue weighted by atomic mass is 79.9. The zero-order chi connectivity index (χ0) is 28.6. The highest BCUT2D eigenvalue weighted by molar-refractivity contribution is 9.09. The van der Waals surface area contributed by atoms with Gasteiger partial charge in [-0.1, -0.05) is 46.3 Å². The molecule has 0 heterocycles. The predicted octanol–water partition coefficient (Wildman–Crippen LogP) is 6.89. The average molecular weight is 615 g/mol. The summed E-state index contributed by atoms with van der Waals surface area (Å²) in [7, 11) is 0. The van der Waals surface area contributed by atoms with Gasteiger partial charge in [0, 0.05) is 4.83 Å². The highest BCUT2D eigenvalue weighted by Gasteiger charge is 2.90. The Kier molecular flexibility index (Phi) is 9.17. The number of benzene rings is 1. The summed E-state index contributed by atoms with van der Waals surface area (Å²) in [6.07, 6.45) is -0.228. The van der Waals surface area contributed by atoms with Gasteiger partial charge < -0.3 is 9.84 Å². The minimum absolute atomic E-state index is 0.228. The van der Waals surface area contributed by atoms with Gasteiger partial charge in [0.25, 0.3) is 0 Å². The van der Waals surface area contributed by atoms with Crippen LogP contribution in [0.3, 0.4) is 0 Å². The first-order valence-electron chi connectivity index (χ1n) is 9.67. The Bertz CT molecular complexity index is 906. The van der Waals surface area contributed by atoms with Crippen LogP contribution in [-0.4, -0.2) is 59.8 Å². The predicted molar refractivity (Wildman–Crippen MR) is 104 cm³/mol. The third-order valence-electron chi connectivity index (χ3n) is 5.09. The molecule has 0 aliphatic heterocycles. The summed E-state index contributed by atoms with van der Waals surface area (Å²) >= 11 is 3.19. The summed E-state index contributed by atoms with van der Waals surface area (Å²) in [5.41, 5.74) is -1.17. The Balaban J connectivity index is 3.13. The summed E-state index contributed by atoms with van der Waals surface area (Å²) in [4.78, 5) is 11.6. The lowest BCUT2D eigenvalue weighted by Crippen LogP contribution is -2.71. The number of hydrogen-bond acceptors (Lipinski definition) is 3. The summed E-state index contributed by atoms with van der Waals surface area (Å²) < 4.78 is 167. The lowest BCUT2D eigenvalue weighted by molar-refractivity contribution is -0.428. The van der Waals surface area contributed by atoms with E-state index in [1.54, 1.807) is 30.3 Å². The SMILES string of the molecule is CC(C)(CC(Br)c1ccccc1)C(=O)OCC(F)(F)C(F)(F)C(F)(F)C(F)(F)C(F)(F)C(F)(F)CO. The van der Waals surface area contributed by atoms with Crippen molar-refractivity contribution in [2.24, 2.45) is 5.41 Å². The molecular weight excluding hydrogens is 596 g/mol. The highest BCUT2D eigenvalue weighted by Crippen LogP contribution is 2.60. The van der Waals surface area contributed by atoms with E-state index in [2.05, 4.69) is 20.7 Å². The van der Waals surface area contributed by atoms with Crippen LogP contribution < -0.4 is 0 Å². The molecule has 1 N–H and O–H groups in total. The van der Waals surface area contributed by atoms with Crippen molar-refractivity contribution >= 4 is 21.9 Å². The first-order chi connectivity index (χ1) is 15.9. The van der Waals surface area contributed by atoms with E-state index in [1.165, 1.54) is 0 Å². The van der Waals surface area contributed by atoms with E-state index in [4.69, 9.17) is 5.11 Å². The van der Waals surface area contributed by atoms with Crippen LogP contribution in [0.2, 0.25) is 0 Å². The maximum absolute atomic E-state index is 13.9. The number of esters is 1. The van der Waals surface area contributed by atoms with Crippen LogP contribution in [0.15, 0.2) is 30.3 Å². The lowest BCUT2D eigenvalue weighted by atomic mass is 9.86. The molecule has 0 aliphatic carbocycles. The van der Waals surface area contributed by atoms with Gasteiger partial charge in [-0.25, -0.2) is 0 Å². The molecule has 3 nitrogen and oxygen atoms in total. The molecule has 0 aliphatic rings. The average Bonchev–Trinajstić information content (AvgIpc) is 2.76. The van der Waals surface area contributed by atoms with E-state index >= 15 is 0 Å². The molecule has 36 heavy (non-hydrogen) atoms. The lowest BCUT2D eigenvalue weighted by Gasteiger charge is -2.41. The number of alkyl halides is 13. The first kappa shape index (κ1) is 32.3. The van der Waals surface area contributed by atoms with Crippen LogP contribution in [0.4, 0.5) is 52.7 Å². The van der Waals surface area contributed by atoms with Crippen LogP contribution in [0.5, 0.6) is 0 Å². The molecule has 208 valence electrons. The van der Waals surface area contributed by atoms with Gasteiger partial charge in [0.1, 0.15) is 6.61 Å². The summed E-state index contributed by atoms with van der Waals surface area (Å²) in [5.74, 6) is -44.9. The van der Waals surface area contributed by atoms with Crippen LogP contribution in [0.1, 0.15) is 30.7 Å². The standard InChI is InChI=1S/C20H19BrF12O3/c1-14(2,8-12(21)11-6-4-3-5-7-11)13(35)36-10-16(24,25)18(28,29)20(32,33)19(30,31)17(26,27)15(22,23)9-34/h3-7,12,34H,8-10H2,1-2H3. The van der Waals surface area contributed by atoms with Crippen LogP contribution in [0, 0.1) is 5.41 Å². The molecule has 16 heteroatoms. The third-order valence-corrected chi connectivity index (χ3v) is 5.94. The number of aliphatic hydroxyl groups excluding tert-OH is 1. The molecule has 1 aromatic carbocycles. The number of aliphatic hydroxyl groups is 1. The summed E-state index contributed by atoms with van der Waals surface area (Å²) in [6, 6.07) is 8.04. The number of carbonyl (C=O) groups excluding carboxylic acids is 1. The van der Waals surface area contributed by atoms with Gasteiger partial charge in [0.2, 0.25) is 0 Å². The van der Waals surface area contributed by atoms with Gasteiger partial charge in [-0.2, -0.15) is 52.7 Å². The van der Waals surface area contributed by atoms with E-state index in [9.17, 15) is 57.5 Å². The maximum atomic E-state index is 13.9. The van der Waals surface area contributed by atoms with Gasteiger partial charge in [0.05, 0.1) is 5.41 Å². The Hall–Kier alpha value is -1.71. The van der Waals surface area contributed by atoms with Crippen molar-refractivity contribution in [3.63, 3.8) is 0 Å². The molecule has 0 saturated carbocycles. The molecular formula is C20H19BrF12O3. The zero-order valence-electron chi connectivity index (χ0n) is 18.3. The largest absolute Gasteiger partial charge is 0.459 e. The molecule has 0 radical (unpaired) electrons. The Morgan fingerprint density at radius 3 is 1.64 bits per heavy atom. The molecule has 0 saturated heterocycles. The number of rotatable bonds is 12. The van der Waals surface area contributed by atoms with Crippen molar-refractivity contribution in [2.45, 2.75) is 60.6 Å². The summed E-state index contributed by atoms with van der Waals surface area (Å²) in [5, 5.41) is 8.07. The Morgan fingerprint density at radius 1 is 0.806 bits per heavy atom. The van der Waals surface area contributed by atoms with Crippen molar-refractivity contribution in [3.05, 3.63) is 35.9 Å². The number of ether oxygens (including phenoxy) is 1.